The summed E-state index contributed by atoms with van der Waals surface area (Å²) < 4.78 is 14.8. The van der Waals surface area contributed by atoms with Crippen LogP contribution in [-0.4, -0.2) is 27.4 Å². The average molecular weight is 225 g/mol. The Morgan fingerprint density at radius 2 is 1.88 bits per heavy atom. The molecule has 0 aliphatic carbocycles. The van der Waals surface area contributed by atoms with Crippen molar-refractivity contribution < 1.29 is 19.0 Å². The van der Waals surface area contributed by atoms with Gasteiger partial charge in [0.15, 0.2) is 0 Å². The van der Waals surface area contributed by atoms with E-state index in [-0.39, 0.29) is 0 Å². The molecule has 0 unspecified atom stereocenters. The van der Waals surface area contributed by atoms with E-state index in [0.29, 0.717) is 17.2 Å². The third-order valence-corrected chi connectivity index (χ3v) is 2.14. The van der Waals surface area contributed by atoms with Gasteiger partial charge in [-0.2, -0.15) is 0 Å². The summed E-state index contributed by atoms with van der Waals surface area (Å²) in [5.74, 6) is 1.20. The second-order valence-corrected chi connectivity index (χ2v) is 3.14. The first kappa shape index (κ1) is 12.2. The van der Waals surface area contributed by atoms with Crippen molar-refractivity contribution in [3.63, 3.8) is 0 Å². The number of amides is 1. The molecule has 0 aliphatic heterocycles. The monoisotopic (exact) mass is 225 g/mol. The lowest BCUT2D eigenvalue weighted by molar-refractivity contribution is 0.186. The van der Waals surface area contributed by atoms with Gasteiger partial charge in [0.2, 0.25) is 0 Å². The van der Waals surface area contributed by atoms with Crippen molar-refractivity contribution in [2.24, 2.45) is 0 Å². The fraction of sp³-hybridized carbons (Fsp3) is 0.364. The lowest BCUT2D eigenvalue weighted by Crippen LogP contribution is -2.13. The Morgan fingerprint density at radius 1 is 1.19 bits per heavy atom. The summed E-state index contributed by atoms with van der Waals surface area (Å²) >= 11 is 0. The van der Waals surface area contributed by atoms with Gasteiger partial charge in [-0.05, 0) is 18.6 Å². The summed E-state index contributed by atoms with van der Waals surface area (Å²) in [6.45, 7) is 1.84. The maximum absolute atomic E-state index is 11.1. The largest absolute Gasteiger partial charge is 0.497 e. The summed E-state index contributed by atoms with van der Waals surface area (Å²) in [7, 11) is 4.40. The molecule has 5 nitrogen and oxygen atoms in total. The molecule has 0 aromatic heterocycles. The second-order valence-electron chi connectivity index (χ2n) is 3.14. The molecule has 5 heteroatoms. The Kier molecular flexibility index (Phi) is 3.99. The van der Waals surface area contributed by atoms with Crippen LogP contribution in [0, 0.1) is 6.92 Å². The molecule has 0 atom stereocenters. The van der Waals surface area contributed by atoms with E-state index in [9.17, 15) is 4.79 Å². The molecule has 1 aromatic rings. The number of hydrogen-bond acceptors (Lipinski definition) is 4. The summed E-state index contributed by atoms with van der Waals surface area (Å²) in [4.78, 5) is 11.1. The summed E-state index contributed by atoms with van der Waals surface area (Å²) in [5.41, 5.74) is 1.41. The van der Waals surface area contributed by atoms with Crippen molar-refractivity contribution in [1.82, 2.24) is 0 Å². The molecular weight excluding hydrogens is 210 g/mol. The van der Waals surface area contributed by atoms with E-state index in [4.69, 9.17) is 9.47 Å². The molecule has 1 aromatic carbocycles. The van der Waals surface area contributed by atoms with Crippen molar-refractivity contribution in [2.45, 2.75) is 6.92 Å². The van der Waals surface area contributed by atoms with E-state index in [1.54, 1.807) is 19.2 Å². The van der Waals surface area contributed by atoms with E-state index >= 15 is 0 Å². The van der Waals surface area contributed by atoms with Gasteiger partial charge in [-0.1, -0.05) is 0 Å². The van der Waals surface area contributed by atoms with Gasteiger partial charge in [0, 0.05) is 6.07 Å². The zero-order valence-corrected chi connectivity index (χ0v) is 9.79. The maximum Gasteiger partial charge on any atom is 0.411 e. The number of anilines is 1. The third-order valence-electron chi connectivity index (χ3n) is 2.14. The highest BCUT2D eigenvalue weighted by atomic mass is 16.5. The van der Waals surface area contributed by atoms with Gasteiger partial charge in [-0.15, -0.1) is 0 Å². The average Bonchev–Trinajstić information content (AvgIpc) is 2.30. The first-order chi connectivity index (χ1) is 7.62. The number of rotatable bonds is 3. The van der Waals surface area contributed by atoms with Gasteiger partial charge in [0.05, 0.1) is 27.0 Å². The Hall–Kier alpha value is -1.91. The zero-order valence-electron chi connectivity index (χ0n) is 9.79. The normalized spacial score (nSPS) is 9.50. The molecule has 1 N–H and O–H groups in total. The quantitative estimate of drug-likeness (QED) is 0.856. The second kappa shape index (κ2) is 5.25. The van der Waals surface area contributed by atoms with Crippen LogP contribution < -0.4 is 14.8 Å². The van der Waals surface area contributed by atoms with Crippen molar-refractivity contribution in [3.05, 3.63) is 17.7 Å². The summed E-state index contributed by atoms with van der Waals surface area (Å²) in [5, 5.41) is 2.59. The van der Waals surface area contributed by atoms with Gasteiger partial charge < -0.3 is 14.2 Å². The Morgan fingerprint density at radius 3 is 2.38 bits per heavy atom. The number of carbonyl (C=O) groups excluding carboxylic acids is 1. The number of methoxy groups -OCH3 is 3. The van der Waals surface area contributed by atoms with E-state index < -0.39 is 6.09 Å². The van der Waals surface area contributed by atoms with E-state index in [1.807, 2.05) is 6.92 Å². The Balaban J connectivity index is 3.11. The zero-order chi connectivity index (χ0) is 12.1. The van der Waals surface area contributed by atoms with E-state index in [1.165, 1.54) is 14.2 Å². The van der Waals surface area contributed by atoms with Crippen molar-refractivity contribution in [1.29, 1.82) is 0 Å². The number of benzene rings is 1. The molecule has 0 saturated carbocycles. The number of aryl methyl sites for hydroxylation is 1. The highest BCUT2D eigenvalue weighted by molar-refractivity contribution is 5.88. The standard InChI is InChI=1S/C11H15NO4/c1-7-5-8(14-2)6-9(15-3)10(7)12-11(13)16-4/h5-6H,1-4H3,(H,12,13). The first-order valence-corrected chi connectivity index (χ1v) is 4.70. The minimum absolute atomic E-state index is 0.530. The summed E-state index contributed by atoms with van der Waals surface area (Å²) in [6, 6.07) is 3.49. The lowest BCUT2D eigenvalue weighted by atomic mass is 10.1. The fourth-order valence-electron chi connectivity index (χ4n) is 1.32. The number of ether oxygens (including phenoxy) is 3. The van der Waals surface area contributed by atoms with Gasteiger partial charge in [0.25, 0.3) is 0 Å². The van der Waals surface area contributed by atoms with Crippen LogP contribution in [0.1, 0.15) is 5.56 Å². The molecule has 0 saturated heterocycles. The van der Waals surface area contributed by atoms with E-state index in [2.05, 4.69) is 10.1 Å². The molecule has 16 heavy (non-hydrogen) atoms. The minimum Gasteiger partial charge on any atom is -0.497 e. The molecule has 1 rings (SSSR count). The van der Waals surface area contributed by atoms with Crippen molar-refractivity contribution >= 4 is 11.8 Å². The lowest BCUT2D eigenvalue weighted by Gasteiger charge is -2.13. The predicted octanol–water partition coefficient (Wildman–Crippen LogP) is 2.19. The number of hydrogen-bond donors (Lipinski definition) is 1. The fourth-order valence-corrected chi connectivity index (χ4v) is 1.32. The van der Waals surface area contributed by atoms with Crippen LogP contribution in [0.5, 0.6) is 11.5 Å². The van der Waals surface area contributed by atoms with Crippen molar-refractivity contribution in [2.75, 3.05) is 26.6 Å². The topological polar surface area (TPSA) is 56.8 Å². The Labute approximate surface area is 94.3 Å². The van der Waals surface area contributed by atoms with Crippen LogP contribution in [0.2, 0.25) is 0 Å². The third kappa shape index (κ3) is 2.56. The van der Waals surface area contributed by atoms with Crippen LogP contribution in [-0.2, 0) is 4.74 Å². The van der Waals surface area contributed by atoms with Crippen molar-refractivity contribution in [3.8, 4) is 11.5 Å². The Bertz CT molecular complexity index is 390. The smallest absolute Gasteiger partial charge is 0.411 e. The molecule has 0 fully saturated rings. The van der Waals surface area contributed by atoms with Crippen LogP contribution in [0.3, 0.4) is 0 Å². The predicted molar refractivity (Wildman–Crippen MR) is 60.3 cm³/mol. The highest BCUT2D eigenvalue weighted by Gasteiger charge is 2.12. The molecule has 0 aliphatic rings. The van der Waals surface area contributed by atoms with Gasteiger partial charge in [-0.25, -0.2) is 4.79 Å². The number of nitrogens with one attached hydrogen (secondary N) is 1. The first-order valence-electron chi connectivity index (χ1n) is 4.70. The SMILES string of the molecule is COC(=O)Nc1c(C)cc(OC)cc1OC. The molecular formula is C11H15NO4. The van der Waals surface area contributed by atoms with Gasteiger partial charge in [-0.3, -0.25) is 5.32 Å². The highest BCUT2D eigenvalue weighted by Crippen LogP contribution is 2.33. The van der Waals surface area contributed by atoms with E-state index in [0.717, 1.165) is 5.56 Å². The molecule has 0 bridgehead atoms. The molecule has 0 spiro atoms. The van der Waals surface area contributed by atoms with Crippen LogP contribution >= 0.6 is 0 Å². The summed E-state index contributed by atoms with van der Waals surface area (Å²) in [6.07, 6.45) is -0.536. The number of carbonyl (C=O) groups is 1. The van der Waals surface area contributed by atoms with Crippen LogP contribution in [0.15, 0.2) is 12.1 Å². The molecule has 0 radical (unpaired) electrons. The van der Waals surface area contributed by atoms with Crippen LogP contribution in [0.25, 0.3) is 0 Å². The maximum atomic E-state index is 11.1. The minimum atomic E-state index is -0.536. The van der Waals surface area contributed by atoms with Gasteiger partial charge in [0.1, 0.15) is 11.5 Å². The van der Waals surface area contributed by atoms with Crippen LogP contribution in [0.4, 0.5) is 10.5 Å². The molecule has 0 heterocycles. The molecule has 1 amide bonds. The molecule has 88 valence electrons. The van der Waals surface area contributed by atoms with Gasteiger partial charge >= 0.3 is 6.09 Å².